The van der Waals surface area contributed by atoms with Crippen molar-refractivity contribution in [3.63, 3.8) is 0 Å². The number of nitrogens with two attached hydrogens (primary N) is 1. The Balaban J connectivity index is 2.42. The molecule has 114 valence electrons. The minimum Gasteiger partial charge on any atom is -0.330 e. The molecule has 0 radical (unpaired) electrons. The lowest BCUT2D eigenvalue weighted by Crippen LogP contribution is -2.23. The van der Waals surface area contributed by atoms with E-state index in [-0.39, 0.29) is 12.5 Å². The number of halogens is 3. The Morgan fingerprint density at radius 3 is 2.65 bits per heavy atom. The molecule has 0 aliphatic heterocycles. The van der Waals surface area contributed by atoms with Gasteiger partial charge in [0.2, 0.25) is 0 Å². The number of rotatable bonds is 4. The van der Waals surface area contributed by atoms with Gasteiger partial charge in [0.25, 0.3) is 0 Å². The first kappa shape index (κ1) is 15.3. The van der Waals surface area contributed by atoms with Crippen molar-refractivity contribution < 1.29 is 13.2 Å². The van der Waals surface area contributed by atoms with Crippen molar-refractivity contribution >= 4 is 0 Å². The van der Waals surface area contributed by atoms with E-state index < -0.39 is 11.9 Å². The average Bonchev–Trinajstić information content (AvgIpc) is 2.75. The first-order valence-corrected chi connectivity index (χ1v) is 6.86. The lowest BCUT2D eigenvalue weighted by Gasteiger charge is -2.23. The van der Waals surface area contributed by atoms with Crippen molar-refractivity contribution in [3.8, 4) is 0 Å². The van der Waals surface area contributed by atoms with E-state index in [0.717, 1.165) is 12.1 Å². The molecule has 0 saturated carbocycles. The van der Waals surface area contributed by atoms with Gasteiger partial charge in [-0.3, -0.25) is 4.68 Å². The number of fused-ring (bicyclic) bond motifs is 1. The molecule has 1 aromatic rings. The third kappa shape index (κ3) is 2.98. The molecular weight excluding hydrogens is 269 g/mol. The van der Waals surface area contributed by atoms with Crippen LogP contribution in [0.1, 0.15) is 35.7 Å². The molecule has 2 rings (SSSR count). The Hall–Kier alpha value is -1.08. The third-order valence-corrected chi connectivity index (χ3v) is 3.78. The van der Waals surface area contributed by atoms with Gasteiger partial charge in [0.15, 0.2) is 5.69 Å². The van der Waals surface area contributed by atoms with Gasteiger partial charge in [0, 0.05) is 23.7 Å². The molecular formula is C13H21F3N4. The van der Waals surface area contributed by atoms with E-state index in [1.54, 1.807) is 0 Å². The number of nitrogens with zero attached hydrogens (tertiary/aromatic N) is 3. The maximum absolute atomic E-state index is 13.2. The topological polar surface area (TPSA) is 47.1 Å². The highest BCUT2D eigenvalue weighted by molar-refractivity contribution is 5.34. The normalized spacial score (nSPS) is 19.4. The second-order valence-corrected chi connectivity index (χ2v) is 5.56. The molecule has 1 atom stereocenters. The fourth-order valence-corrected chi connectivity index (χ4v) is 2.79. The van der Waals surface area contributed by atoms with Crippen LogP contribution in [0, 0.1) is 0 Å². The van der Waals surface area contributed by atoms with Gasteiger partial charge >= 0.3 is 6.18 Å². The fraction of sp³-hybridized carbons (Fsp3) is 0.769. The standard InChI is InChI=1S/C13H21F3N4/c1-19(2)6-7-20-10-5-3-4-9(8-17)11(10)12(18-20)13(14,15)16/h9H,3-8,17H2,1-2H3. The summed E-state index contributed by atoms with van der Waals surface area (Å²) >= 11 is 0. The highest BCUT2D eigenvalue weighted by Gasteiger charge is 2.41. The second kappa shape index (κ2) is 5.73. The van der Waals surface area contributed by atoms with Crippen LogP contribution in [0.4, 0.5) is 13.2 Å². The molecule has 0 spiro atoms. The van der Waals surface area contributed by atoms with Gasteiger partial charge in [-0.2, -0.15) is 18.3 Å². The zero-order chi connectivity index (χ0) is 14.9. The quantitative estimate of drug-likeness (QED) is 0.920. The lowest BCUT2D eigenvalue weighted by molar-refractivity contribution is -0.142. The third-order valence-electron chi connectivity index (χ3n) is 3.78. The number of aromatic nitrogens is 2. The van der Waals surface area contributed by atoms with Crippen molar-refractivity contribution in [1.29, 1.82) is 0 Å². The van der Waals surface area contributed by atoms with Gasteiger partial charge < -0.3 is 10.6 Å². The van der Waals surface area contributed by atoms with Gasteiger partial charge in [-0.15, -0.1) is 0 Å². The molecule has 0 fully saturated rings. The van der Waals surface area contributed by atoms with Crippen LogP contribution in [-0.4, -0.2) is 41.9 Å². The van der Waals surface area contributed by atoms with Crippen molar-refractivity contribution in [2.75, 3.05) is 27.2 Å². The van der Waals surface area contributed by atoms with Crippen molar-refractivity contribution in [2.24, 2.45) is 5.73 Å². The molecule has 1 aliphatic carbocycles. The molecule has 1 aromatic heterocycles. The maximum Gasteiger partial charge on any atom is 0.435 e. The molecule has 1 unspecified atom stereocenters. The van der Waals surface area contributed by atoms with Crippen LogP contribution in [0.3, 0.4) is 0 Å². The minimum absolute atomic E-state index is 0.219. The van der Waals surface area contributed by atoms with E-state index in [1.807, 2.05) is 19.0 Å². The molecule has 0 aromatic carbocycles. The maximum atomic E-state index is 13.2. The first-order valence-electron chi connectivity index (χ1n) is 6.86. The van der Waals surface area contributed by atoms with Crippen LogP contribution in [0.5, 0.6) is 0 Å². The lowest BCUT2D eigenvalue weighted by atomic mass is 9.85. The van der Waals surface area contributed by atoms with Crippen molar-refractivity contribution in [2.45, 2.75) is 37.9 Å². The predicted octanol–water partition coefficient (Wildman–Crippen LogP) is 1.84. The minimum atomic E-state index is -4.40. The molecule has 0 bridgehead atoms. The zero-order valence-electron chi connectivity index (χ0n) is 11.9. The molecule has 0 saturated heterocycles. The average molecular weight is 290 g/mol. The number of likely N-dealkylation sites (N-methyl/N-ethyl adjacent to an activating group) is 1. The predicted molar refractivity (Wildman–Crippen MR) is 70.5 cm³/mol. The van der Waals surface area contributed by atoms with E-state index in [9.17, 15) is 13.2 Å². The SMILES string of the molecule is CN(C)CCn1nc(C(F)(F)F)c2c1CCCC2CN. The highest BCUT2D eigenvalue weighted by atomic mass is 19.4. The largest absolute Gasteiger partial charge is 0.435 e. The van der Waals surface area contributed by atoms with Crippen molar-refractivity contribution in [3.05, 3.63) is 17.0 Å². The summed E-state index contributed by atoms with van der Waals surface area (Å²) in [5.41, 5.74) is 5.98. The van der Waals surface area contributed by atoms with Crippen LogP contribution in [0.15, 0.2) is 0 Å². The summed E-state index contributed by atoms with van der Waals surface area (Å²) in [5.74, 6) is -0.219. The monoisotopic (exact) mass is 290 g/mol. The van der Waals surface area contributed by atoms with Crippen LogP contribution >= 0.6 is 0 Å². The van der Waals surface area contributed by atoms with E-state index >= 15 is 0 Å². The molecule has 1 aliphatic rings. The Morgan fingerprint density at radius 1 is 1.40 bits per heavy atom. The van der Waals surface area contributed by atoms with Gasteiger partial charge in [0.05, 0.1) is 6.54 Å². The van der Waals surface area contributed by atoms with Crippen LogP contribution < -0.4 is 5.73 Å². The second-order valence-electron chi connectivity index (χ2n) is 5.56. The molecule has 1 heterocycles. The summed E-state index contributed by atoms with van der Waals surface area (Å²) in [4.78, 5) is 1.94. The molecule has 4 nitrogen and oxygen atoms in total. The van der Waals surface area contributed by atoms with E-state index in [2.05, 4.69) is 5.10 Å². The Labute approximate surface area is 116 Å². The molecule has 2 N–H and O–H groups in total. The van der Waals surface area contributed by atoms with E-state index in [0.29, 0.717) is 31.5 Å². The molecule has 20 heavy (non-hydrogen) atoms. The summed E-state index contributed by atoms with van der Waals surface area (Å²) < 4.78 is 41.0. The summed E-state index contributed by atoms with van der Waals surface area (Å²) in [6.45, 7) is 1.39. The Morgan fingerprint density at radius 2 is 2.10 bits per heavy atom. The van der Waals surface area contributed by atoms with Gasteiger partial charge in [-0.25, -0.2) is 0 Å². The van der Waals surface area contributed by atoms with Gasteiger partial charge in [0.1, 0.15) is 0 Å². The zero-order valence-corrected chi connectivity index (χ0v) is 11.9. The van der Waals surface area contributed by atoms with Crippen LogP contribution in [-0.2, 0) is 19.1 Å². The van der Waals surface area contributed by atoms with E-state index in [4.69, 9.17) is 5.73 Å². The van der Waals surface area contributed by atoms with Crippen molar-refractivity contribution in [1.82, 2.24) is 14.7 Å². The van der Waals surface area contributed by atoms with E-state index in [1.165, 1.54) is 4.68 Å². The first-order chi connectivity index (χ1) is 9.34. The molecule has 7 heteroatoms. The molecule has 0 amide bonds. The van der Waals surface area contributed by atoms with Crippen LogP contribution in [0.2, 0.25) is 0 Å². The Bertz CT molecular complexity index is 465. The smallest absolute Gasteiger partial charge is 0.330 e. The number of alkyl halides is 3. The summed E-state index contributed by atoms with van der Waals surface area (Å²) in [5, 5.41) is 3.84. The number of hydrogen-bond donors (Lipinski definition) is 1. The van der Waals surface area contributed by atoms with Gasteiger partial charge in [-0.1, -0.05) is 0 Å². The summed E-state index contributed by atoms with van der Waals surface area (Å²) in [6, 6.07) is 0. The number of hydrogen-bond acceptors (Lipinski definition) is 3. The Kier molecular flexibility index (Phi) is 4.39. The fourth-order valence-electron chi connectivity index (χ4n) is 2.79. The summed E-state index contributed by atoms with van der Waals surface area (Å²) in [7, 11) is 3.78. The summed E-state index contributed by atoms with van der Waals surface area (Å²) in [6.07, 6.45) is -2.16. The highest BCUT2D eigenvalue weighted by Crippen LogP contribution is 2.40. The van der Waals surface area contributed by atoms with Gasteiger partial charge in [-0.05, 0) is 39.9 Å². The van der Waals surface area contributed by atoms with Crippen LogP contribution in [0.25, 0.3) is 0 Å².